The topological polar surface area (TPSA) is 70.7 Å². The Morgan fingerprint density at radius 2 is 1.84 bits per heavy atom. The number of para-hydroxylation sites is 1. The fourth-order valence-electron chi connectivity index (χ4n) is 2.80. The van der Waals surface area contributed by atoms with Crippen molar-refractivity contribution in [3.63, 3.8) is 0 Å². The monoisotopic (exact) mass is 339 g/mol. The Morgan fingerprint density at radius 3 is 2.44 bits per heavy atom. The van der Waals surface area contributed by atoms with Crippen LogP contribution in [-0.4, -0.2) is 31.6 Å². The molecule has 2 N–H and O–H groups in total. The van der Waals surface area contributed by atoms with Crippen molar-refractivity contribution in [2.75, 3.05) is 29.9 Å². The summed E-state index contributed by atoms with van der Waals surface area (Å²) >= 11 is 0. The number of nitrogens with one attached hydrogen (secondary N) is 2. The molecule has 3 rings (SSSR count). The number of hydrogen-bond donors (Lipinski definition) is 2. The predicted octanol–water partition coefficient (Wildman–Crippen LogP) is 2.85. The van der Waals surface area contributed by atoms with Gasteiger partial charge in [0.15, 0.2) is 6.61 Å². The van der Waals surface area contributed by atoms with E-state index in [2.05, 4.69) is 10.6 Å². The maximum atomic E-state index is 12.1. The van der Waals surface area contributed by atoms with Crippen molar-refractivity contribution in [1.82, 2.24) is 5.32 Å². The van der Waals surface area contributed by atoms with Gasteiger partial charge in [-0.2, -0.15) is 0 Å². The lowest BCUT2D eigenvalue weighted by Crippen LogP contribution is -2.27. The average molecular weight is 339 g/mol. The van der Waals surface area contributed by atoms with Gasteiger partial charge in [-0.25, -0.2) is 4.79 Å². The minimum atomic E-state index is -0.227. The Hall–Kier alpha value is -3.02. The molecule has 0 radical (unpaired) electrons. The highest BCUT2D eigenvalue weighted by Crippen LogP contribution is 2.22. The maximum Gasteiger partial charge on any atom is 0.321 e. The van der Waals surface area contributed by atoms with Crippen LogP contribution in [0, 0.1) is 13.8 Å². The van der Waals surface area contributed by atoms with Crippen LogP contribution in [0.25, 0.3) is 0 Å². The molecule has 0 atom stereocenters. The lowest BCUT2D eigenvalue weighted by Gasteiger charge is -2.15. The van der Waals surface area contributed by atoms with E-state index in [1.165, 1.54) is 0 Å². The van der Waals surface area contributed by atoms with Crippen LogP contribution in [0.15, 0.2) is 42.5 Å². The third-order valence-corrected chi connectivity index (χ3v) is 4.08. The number of urea groups is 1. The van der Waals surface area contributed by atoms with E-state index in [0.29, 0.717) is 18.8 Å². The van der Waals surface area contributed by atoms with E-state index in [1.807, 2.05) is 44.2 Å². The molecule has 130 valence electrons. The van der Waals surface area contributed by atoms with Gasteiger partial charge in [0, 0.05) is 24.5 Å². The van der Waals surface area contributed by atoms with Gasteiger partial charge in [0.1, 0.15) is 5.75 Å². The molecule has 1 aliphatic rings. The lowest BCUT2D eigenvalue weighted by atomic mass is 10.1. The summed E-state index contributed by atoms with van der Waals surface area (Å²) < 4.78 is 5.65. The number of aryl methyl sites for hydroxylation is 2. The van der Waals surface area contributed by atoms with Crippen LogP contribution in [0.3, 0.4) is 0 Å². The van der Waals surface area contributed by atoms with Gasteiger partial charge in [-0.1, -0.05) is 18.2 Å². The number of amides is 3. The number of nitrogens with zero attached hydrogens (tertiary/aromatic N) is 1. The van der Waals surface area contributed by atoms with E-state index in [9.17, 15) is 9.59 Å². The fraction of sp³-hybridized carbons (Fsp3) is 0.263. The molecule has 2 aromatic carbocycles. The zero-order valence-corrected chi connectivity index (χ0v) is 14.3. The first-order chi connectivity index (χ1) is 12.0. The number of carbonyl (C=O) groups is 2. The van der Waals surface area contributed by atoms with Crippen LogP contribution in [-0.2, 0) is 4.79 Å². The van der Waals surface area contributed by atoms with Crippen LogP contribution in [0.5, 0.6) is 5.75 Å². The van der Waals surface area contributed by atoms with Crippen LogP contribution in [0.2, 0.25) is 0 Å². The van der Waals surface area contributed by atoms with Crippen LogP contribution in [0.4, 0.5) is 16.2 Å². The number of anilines is 2. The first kappa shape index (κ1) is 16.8. The summed E-state index contributed by atoms with van der Waals surface area (Å²) in [5.41, 5.74) is 3.47. The van der Waals surface area contributed by atoms with Crippen LogP contribution >= 0.6 is 0 Å². The molecule has 1 saturated heterocycles. The highest BCUT2D eigenvalue weighted by Gasteiger charge is 2.20. The molecule has 1 fully saturated rings. The summed E-state index contributed by atoms with van der Waals surface area (Å²) in [4.78, 5) is 25.4. The van der Waals surface area contributed by atoms with Crippen molar-refractivity contribution in [2.45, 2.75) is 13.8 Å². The van der Waals surface area contributed by atoms with Gasteiger partial charge < -0.3 is 15.4 Å². The standard InChI is InChI=1S/C19H21N3O3/c1-13-4-3-5-14(2)18(13)25-12-17(23)21-15-6-8-16(9-7-15)22-11-10-20-19(22)24/h3-9H,10-12H2,1-2H3,(H,20,24)(H,21,23). The molecule has 0 saturated carbocycles. The molecule has 0 bridgehead atoms. The lowest BCUT2D eigenvalue weighted by molar-refractivity contribution is -0.118. The normalized spacial score (nSPS) is 13.5. The third-order valence-electron chi connectivity index (χ3n) is 4.08. The van der Waals surface area contributed by atoms with Crippen molar-refractivity contribution >= 4 is 23.3 Å². The SMILES string of the molecule is Cc1cccc(C)c1OCC(=O)Nc1ccc(N2CCNC2=O)cc1. The Morgan fingerprint density at radius 1 is 1.16 bits per heavy atom. The van der Waals surface area contributed by atoms with Gasteiger partial charge in [0.2, 0.25) is 0 Å². The Bertz CT molecular complexity index is 767. The zero-order chi connectivity index (χ0) is 17.8. The molecule has 0 aliphatic carbocycles. The minimum absolute atomic E-state index is 0.0536. The van der Waals surface area contributed by atoms with E-state index in [4.69, 9.17) is 4.74 Å². The second-order valence-corrected chi connectivity index (χ2v) is 5.99. The first-order valence-corrected chi connectivity index (χ1v) is 8.19. The molecule has 0 spiro atoms. The van der Waals surface area contributed by atoms with Gasteiger partial charge >= 0.3 is 6.03 Å². The van der Waals surface area contributed by atoms with Crippen molar-refractivity contribution in [3.8, 4) is 5.75 Å². The molecule has 1 heterocycles. The highest BCUT2D eigenvalue weighted by molar-refractivity contribution is 5.95. The summed E-state index contributed by atoms with van der Waals surface area (Å²) in [5, 5.41) is 5.55. The van der Waals surface area contributed by atoms with Crippen LogP contribution in [0.1, 0.15) is 11.1 Å². The van der Waals surface area contributed by atoms with E-state index in [0.717, 1.165) is 22.6 Å². The minimum Gasteiger partial charge on any atom is -0.483 e. The first-order valence-electron chi connectivity index (χ1n) is 8.19. The van der Waals surface area contributed by atoms with E-state index >= 15 is 0 Å². The Labute approximate surface area is 146 Å². The Kier molecular flexibility index (Phi) is 4.88. The summed E-state index contributed by atoms with van der Waals surface area (Å²) in [7, 11) is 0. The molecule has 3 amide bonds. The molecule has 1 aliphatic heterocycles. The molecular formula is C19H21N3O3. The average Bonchev–Trinajstić information content (AvgIpc) is 3.01. The van der Waals surface area contributed by atoms with Gasteiger partial charge in [0.05, 0.1) is 0 Å². The second-order valence-electron chi connectivity index (χ2n) is 5.99. The van der Waals surface area contributed by atoms with Gasteiger partial charge in [-0.15, -0.1) is 0 Å². The molecule has 0 unspecified atom stereocenters. The quantitative estimate of drug-likeness (QED) is 0.880. The predicted molar refractivity (Wildman–Crippen MR) is 97.2 cm³/mol. The second kappa shape index (κ2) is 7.25. The summed E-state index contributed by atoms with van der Waals surface area (Å²) in [6.45, 7) is 5.14. The zero-order valence-electron chi connectivity index (χ0n) is 14.3. The largest absolute Gasteiger partial charge is 0.483 e. The number of hydrogen-bond acceptors (Lipinski definition) is 3. The third kappa shape index (κ3) is 3.91. The summed E-state index contributed by atoms with van der Waals surface area (Å²) in [6, 6.07) is 12.9. The number of ether oxygens (including phenoxy) is 1. The van der Waals surface area contributed by atoms with Gasteiger partial charge in [-0.05, 0) is 49.2 Å². The molecule has 6 heteroatoms. The van der Waals surface area contributed by atoms with Crippen molar-refractivity contribution in [3.05, 3.63) is 53.6 Å². The fourth-order valence-corrected chi connectivity index (χ4v) is 2.80. The number of carbonyl (C=O) groups excluding carboxylic acids is 2. The summed E-state index contributed by atoms with van der Waals surface area (Å²) in [6.07, 6.45) is 0. The van der Waals surface area contributed by atoms with E-state index in [1.54, 1.807) is 17.0 Å². The Balaban J connectivity index is 1.57. The molecule has 2 aromatic rings. The maximum absolute atomic E-state index is 12.1. The van der Waals surface area contributed by atoms with Gasteiger partial charge in [0.25, 0.3) is 5.91 Å². The van der Waals surface area contributed by atoms with Crippen molar-refractivity contribution < 1.29 is 14.3 Å². The van der Waals surface area contributed by atoms with E-state index in [-0.39, 0.29) is 18.5 Å². The van der Waals surface area contributed by atoms with E-state index < -0.39 is 0 Å². The smallest absolute Gasteiger partial charge is 0.321 e. The molecule has 6 nitrogen and oxygen atoms in total. The summed E-state index contributed by atoms with van der Waals surface area (Å²) in [5.74, 6) is 0.516. The van der Waals surface area contributed by atoms with Crippen molar-refractivity contribution in [2.24, 2.45) is 0 Å². The molecule has 0 aromatic heterocycles. The number of benzene rings is 2. The number of rotatable bonds is 5. The highest BCUT2D eigenvalue weighted by atomic mass is 16.5. The molecular weight excluding hydrogens is 318 g/mol. The van der Waals surface area contributed by atoms with Crippen LogP contribution < -0.4 is 20.3 Å². The van der Waals surface area contributed by atoms with Gasteiger partial charge in [-0.3, -0.25) is 9.69 Å². The van der Waals surface area contributed by atoms with Crippen molar-refractivity contribution in [1.29, 1.82) is 0 Å². The molecule has 25 heavy (non-hydrogen) atoms.